The highest BCUT2D eigenvalue weighted by molar-refractivity contribution is 7.99. The van der Waals surface area contributed by atoms with Gasteiger partial charge in [-0.15, -0.1) is 11.8 Å². The maximum Gasteiger partial charge on any atom is 0.139 e. The van der Waals surface area contributed by atoms with E-state index in [0.717, 1.165) is 23.5 Å². The van der Waals surface area contributed by atoms with E-state index < -0.39 is 0 Å². The number of oxime groups is 1. The van der Waals surface area contributed by atoms with Crippen molar-refractivity contribution in [3.05, 3.63) is 28.2 Å². The lowest BCUT2D eigenvalue weighted by Crippen LogP contribution is -2.19. The second-order valence-electron chi connectivity index (χ2n) is 4.63. The number of amidine groups is 1. The molecule has 0 aliphatic heterocycles. The lowest BCUT2D eigenvalue weighted by Gasteiger charge is -2.14. The van der Waals surface area contributed by atoms with Crippen LogP contribution in [-0.2, 0) is 0 Å². The van der Waals surface area contributed by atoms with Crippen molar-refractivity contribution in [1.29, 1.82) is 0 Å². The van der Waals surface area contributed by atoms with Gasteiger partial charge in [-0.2, -0.15) is 0 Å². The zero-order chi connectivity index (χ0) is 13.2. The fraction of sp³-hybridized carbons (Fsp3) is 0.417. The highest BCUT2D eigenvalue weighted by atomic mass is 35.5. The number of rotatable bonds is 5. The highest BCUT2D eigenvalue weighted by Gasteiger charge is 2.43. The van der Waals surface area contributed by atoms with Crippen molar-refractivity contribution in [3.8, 4) is 0 Å². The largest absolute Gasteiger partial charge is 0.409 e. The molecule has 2 rings (SSSR count). The number of hydrogen-bond acceptors (Lipinski definition) is 3. The average Bonchev–Trinajstić information content (AvgIpc) is 3.10. The Morgan fingerprint density at radius 1 is 1.44 bits per heavy atom. The fourth-order valence-corrected chi connectivity index (χ4v) is 3.57. The van der Waals surface area contributed by atoms with Crippen LogP contribution in [0.3, 0.4) is 0 Å². The summed E-state index contributed by atoms with van der Waals surface area (Å²) >= 11 is 13.7. The molecular weight excluding hydrogens is 291 g/mol. The van der Waals surface area contributed by atoms with E-state index in [1.165, 1.54) is 0 Å². The Morgan fingerprint density at radius 2 is 2.17 bits per heavy atom. The van der Waals surface area contributed by atoms with Gasteiger partial charge in [-0.1, -0.05) is 28.4 Å². The Kier molecular flexibility index (Phi) is 4.30. The van der Waals surface area contributed by atoms with E-state index in [4.69, 9.17) is 34.1 Å². The third-order valence-electron chi connectivity index (χ3n) is 3.07. The van der Waals surface area contributed by atoms with Crippen molar-refractivity contribution in [2.75, 3.05) is 5.75 Å². The standard InChI is InChI=1S/C12H14Cl2N2OS/c13-8-1-2-9(14)10(5-8)18-7-12(3-4-12)6-11(15)16-17/h1-2,5,17H,3-4,6-7H2,(H2,15,16). The average molecular weight is 305 g/mol. The van der Waals surface area contributed by atoms with Crippen molar-refractivity contribution in [1.82, 2.24) is 0 Å². The predicted molar refractivity (Wildman–Crippen MR) is 76.9 cm³/mol. The zero-order valence-corrected chi connectivity index (χ0v) is 12.0. The fourth-order valence-electron chi connectivity index (χ4n) is 1.79. The highest BCUT2D eigenvalue weighted by Crippen LogP contribution is 2.52. The summed E-state index contributed by atoms with van der Waals surface area (Å²) in [4.78, 5) is 0.981. The van der Waals surface area contributed by atoms with Crippen LogP contribution in [0.2, 0.25) is 10.0 Å². The first-order valence-corrected chi connectivity index (χ1v) is 7.33. The molecule has 0 atom stereocenters. The topological polar surface area (TPSA) is 58.6 Å². The summed E-state index contributed by atoms with van der Waals surface area (Å²) in [5.74, 6) is 1.20. The molecule has 0 amide bonds. The van der Waals surface area contributed by atoms with Gasteiger partial charge in [-0.05, 0) is 36.5 Å². The molecule has 0 saturated heterocycles. The van der Waals surface area contributed by atoms with Crippen LogP contribution in [0.25, 0.3) is 0 Å². The number of nitrogens with two attached hydrogens (primary N) is 1. The molecule has 18 heavy (non-hydrogen) atoms. The van der Waals surface area contributed by atoms with Crippen LogP contribution in [0.15, 0.2) is 28.3 Å². The molecule has 1 aromatic carbocycles. The summed E-state index contributed by atoms with van der Waals surface area (Å²) in [7, 11) is 0. The van der Waals surface area contributed by atoms with E-state index in [0.29, 0.717) is 22.3 Å². The molecule has 0 unspecified atom stereocenters. The molecular formula is C12H14Cl2N2OS. The molecule has 0 radical (unpaired) electrons. The maximum absolute atomic E-state index is 8.61. The van der Waals surface area contributed by atoms with Crippen LogP contribution in [0.1, 0.15) is 19.3 Å². The molecule has 3 nitrogen and oxygen atoms in total. The Hall–Kier alpha value is -0.580. The summed E-state index contributed by atoms with van der Waals surface area (Å²) in [6.07, 6.45) is 2.84. The number of nitrogens with zero attached hydrogens (tertiary/aromatic N) is 1. The molecule has 0 heterocycles. The SMILES string of the molecule is NC(CC1(CSc2cc(Cl)ccc2Cl)CC1)=NO. The lowest BCUT2D eigenvalue weighted by atomic mass is 10.1. The molecule has 1 fully saturated rings. The van der Waals surface area contributed by atoms with Crippen LogP contribution < -0.4 is 5.73 Å². The van der Waals surface area contributed by atoms with E-state index >= 15 is 0 Å². The van der Waals surface area contributed by atoms with Gasteiger partial charge in [0.05, 0.1) is 5.02 Å². The first kappa shape index (κ1) is 13.8. The van der Waals surface area contributed by atoms with Gasteiger partial charge in [-0.25, -0.2) is 0 Å². The van der Waals surface area contributed by atoms with Crippen LogP contribution in [0.4, 0.5) is 0 Å². The van der Waals surface area contributed by atoms with Crippen LogP contribution >= 0.6 is 35.0 Å². The van der Waals surface area contributed by atoms with Gasteiger partial charge in [0, 0.05) is 22.1 Å². The summed E-state index contributed by atoms with van der Waals surface area (Å²) in [6.45, 7) is 0. The maximum atomic E-state index is 8.61. The van der Waals surface area contributed by atoms with Gasteiger partial charge in [0.25, 0.3) is 0 Å². The van der Waals surface area contributed by atoms with Gasteiger partial charge in [0.1, 0.15) is 5.84 Å². The van der Waals surface area contributed by atoms with E-state index in [1.807, 2.05) is 6.07 Å². The molecule has 1 aromatic rings. The molecule has 0 aromatic heterocycles. The van der Waals surface area contributed by atoms with Crippen molar-refractivity contribution in [2.24, 2.45) is 16.3 Å². The first-order chi connectivity index (χ1) is 8.54. The molecule has 1 aliphatic carbocycles. The van der Waals surface area contributed by atoms with E-state index in [2.05, 4.69) is 5.16 Å². The Labute approximate surface area is 120 Å². The molecule has 1 aliphatic rings. The second-order valence-corrected chi connectivity index (χ2v) is 6.49. The molecule has 1 saturated carbocycles. The quantitative estimate of drug-likeness (QED) is 0.284. The predicted octanol–water partition coefficient (Wildman–Crippen LogP) is 4.00. The van der Waals surface area contributed by atoms with Crippen molar-refractivity contribution in [3.63, 3.8) is 0 Å². The minimum atomic E-state index is 0.159. The van der Waals surface area contributed by atoms with Gasteiger partial charge in [0.15, 0.2) is 0 Å². The van der Waals surface area contributed by atoms with Crippen molar-refractivity contribution in [2.45, 2.75) is 24.2 Å². The minimum absolute atomic E-state index is 0.159. The third kappa shape index (κ3) is 3.46. The lowest BCUT2D eigenvalue weighted by molar-refractivity contribution is 0.315. The third-order valence-corrected chi connectivity index (χ3v) is 5.15. The van der Waals surface area contributed by atoms with Crippen LogP contribution in [-0.4, -0.2) is 16.8 Å². The van der Waals surface area contributed by atoms with Gasteiger partial charge in [0.2, 0.25) is 0 Å². The smallest absolute Gasteiger partial charge is 0.139 e. The second kappa shape index (κ2) is 5.59. The summed E-state index contributed by atoms with van der Waals surface area (Å²) < 4.78 is 0. The molecule has 6 heteroatoms. The Balaban J connectivity index is 1.97. The Morgan fingerprint density at radius 3 is 2.78 bits per heavy atom. The number of halogens is 2. The van der Waals surface area contributed by atoms with Crippen molar-refractivity contribution >= 4 is 40.8 Å². The summed E-state index contributed by atoms with van der Waals surface area (Å²) in [5, 5.41) is 13.0. The number of hydrogen-bond donors (Lipinski definition) is 2. The summed E-state index contributed by atoms with van der Waals surface area (Å²) in [5.41, 5.74) is 5.72. The van der Waals surface area contributed by atoms with Gasteiger partial charge in [-0.3, -0.25) is 0 Å². The van der Waals surface area contributed by atoms with E-state index in [1.54, 1.807) is 23.9 Å². The molecule has 98 valence electrons. The minimum Gasteiger partial charge on any atom is -0.409 e. The normalized spacial score (nSPS) is 17.8. The summed E-state index contributed by atoms with van der Waals surface area (Å²) in [6, 6.07) is 5.45. The first-order valence-electron chi connectivity index (χ1n) is 5.59. The molecule has 0 spiro atoms. The van der Waals surface area contributed by atoms with Crippen LogP contribution in [0.5, 0.6) is 0 Å². The number of thioether (sulfide) groups is 1. The molecule has 0 bridgehead atoms. The Bertz CT molecular complexity index is 475. The van der Waals surface area contributed by atoms with Gasteiger partial charge >= 0.3 is 0 Å². The van der Waals surface area contributed by atoms with Gasteiger partial charge < -0.3 is 10.9 Å². The van der Waals surface area contributed by atoms with E-state index in [-0.39, 0.29) is 5.41 Å². The van der Waals surface area contributed by atoms with Crippen LogP contribution in [0, 0.1) is 5.41 Å². The molecule has 3 N–H and O–H groups in total. The zero-order valence-electron chi connectivity index (χ0n) is 9.70. The van der Waals surface area contributed by atoms with E-state index in [9.17, 15) is 0 Å². The monoisotopic (exact) mass is 304 g/mol. The number of benzene rings is 1. The van der Waals surface area contributed by atoms with Crippen molar-refractivity contribution < 1.29 is 5.21 Å².